The first-order valence-electron chi connectivity index (χ1n) is 9.36. The molecule has 0 radical (unpaired) electrons. The van der Waals surface area contributed by atoms with Gasteiger partial charge in [-0.2, -0.15) is 10.6 Å². The SMILES string of the molecule is CC(C)(C)OC(=O)NCCOc1cccc2c1C(Sc1ccccc1)CS2(O)O. The third-order valence-corrected chi connectivity index (χ3v) is 7.43. The van der Waals surface area contributed by atoms with Crippen LogP contribution in [0.5, 0.6) is 5.75 Å². The van der Waals surface area contributed by atoms with Crippen molar-refractivity contribution in [1.82, 2.24) is 5.32 Å². The highest BCUT2D eigenvalue weighted by atomic mass is 32.3. The van der Waals surface area contributed by atoms with Gasteiger partial charge in [0.15, 0.2) is 0 Å². The second-order valence-electron chi connectivity index (χ2n) is 7.70. The van der Waals surface area contributed by atoms with Crippen LogP contribution in [0.15, 0.2) is 58.3 Å². The van der Waals surface area contributed by atoms with E-state index in [-0.39, 0.29) is 24.2 Å². The maximum Gasteiger partial charge on any atom is 0.407 e. The largest absolute Gasteiger partial charge is 0.491 e. The van der Waals surface area contributed by atoms with Crippen LogP contribution in [-0.2, 0) is 4.74 Å². The van der Waals surface area contributed by atoms with E-state index in [0.717, 1.165) is 10.5 Å². The molecule has 2 aromatic carbocycles. The Balaban J connectivity index is 1.68. The molecule has 0 fully saturated rings. The van der Waals surface area contributed by atoms with Crippen LogP contribution in [0, 0.1) is 0 Å². The van der Waals surface area contributed by atoms with Crippen molar-refractivity contribution in [2.45, 2.75) is 41.4 Å². The molecule has 0 spiro atoms. The van der Waals surface area contributed by atoms with E-state index in [1.807, 2.05) is 36.4 Å². The molecule has 1 atom stereocenters. The number of nitrogens with one attached hydrogen (secondary N) is 1. The van der Waals surface area contributed by atoms with E-state index >= 15 is 0 Å². The van der Waals surface area contributed by atoms with Gasteiger partial charge in [-0.05, 0) is 45.0 Å². The summed E-state index contributed by atoms with van der Waals surface area (Å²) in [4.78, 5) is 13.3. The zero-order valence-corrected chi connectivity index (χ0v) is 18.4. The minimum absolute atomic E-state index is 0.118. The van der Waals surface area contributed by atoms with Gasteiger partial charge in [0.25, 0.3) is 0 Å². The van der Waals surface area contributed by atoms with Gasteiger partial charge in [-0.1, -0.05) is 24.3 Å². The van der Waals surface area contributed by atoms with E-state index in [2.05, 4.69) is 5.32 Å². The predicted molar refractivity (Wildman–Crippen MR) is 117 cm³/mol. The van der Waals surface area contributed by atoms with Crippen molar-refractivity contribution >= 4 is 28.4 Å². The van der Waals surface area contributed by atoms with Crippen molar-refractivity contribution in [2.24, 2.45) is 0 Å². The monoisotopic (exact) mass is 437 g/mol. The van der Waals surface area contributed by atoms with Gasteiger partial charge in [0.05, 0.1) is 22.4 Å². The predicted octanol–water partition coefficient (Wildman–Crippen LogP) is 5.55. The van der Waals surface area contributed by atoms with Crippen LogP contribution in [-0.4, -0.2) is 39.7 Å². The fourth-order valence-corrected chi connectivity index (χ4v) is 6.60. The lowest BCUT2D eigenvalue weighted by molar-refractivity contribution is 0.0520. The maximum absolute atomic E-state index is 11.7. The van der Waals surface area contributed by atoms with Gasteiger partial charge >= 0.3 is 6.09 Å². The van der Waals surface area contributed by atoms with Crippen LogP contribution in [0.4, 0.5) is 4.79 Å². The summed E-state index contributed by atoms with van der Waals surface area (Å²) in [7, 11) is -2.85. The molecule has 1 aliphatic rings. The van der Waals surface area contributed by atoms with Gasteiger partial charge in [-0.15, -0.1) is 11.8 Å². The van der Waals surface area contributed by atoms with Crippen molar-refractivity contribution < 1.29 is 23.4 Å². The molecule has 1 aliphatic heterocycles. The molecular weight excluding hydrogens is 410 g/mol. The van der Waals surface area contributed by atoms with Crippen molar-refractivity contribution in [3.05, 3.63) is 54.1 Å². The Kier molecular flexibility index (Phi) is 6.68. The first-order valence-corrected chi connectivity index (χ1v) is 12.0. The fourth-order valence-electron chi connectivity index (χ4n) is 3.02. The number of carbonyl (C=O) groups excluding carboxylic acids is 1. The molecule has 8 heteroatoms. The standard InChI is InChI=1S/C21H27NO5S2/c1-21(2,3)27-20(23)22-12-13-26-16-10-7-11-18-19(16)17(14-29(18,24)25)28-15-8-5-4-6-9-15/h4-11,17,24-25H,12-14H2,1-3H3,(H,22,23). The first kappa shape index (κ1) is 21.8. The minimum atomic E-state index is -2.85. The molecule has 1 amide bonds. The van der Waals surface area contributed by atoms with Crippen LogP contribution in [0.1, 0.15) is 31.6 Å². The third kappa shape index (κ3) is 5.82. The Morgan fingerprint density at radius 2 is 1.90 bits per heavy atom. The molecule has 0 saturated heterocycles. The summed E-state index contributed by atoms with van der Waals surface area (Å²) in [6.07, 6.45) is -0.494. The van der Waals surface area contributed by atoms with Gasteiger partial charge in [-0.25, -0.2) is 4.79 Å². The summed E-state index contributed by atoms with van der Waals surface area (Å²) >= 11 is 1.59. The number of carbonyl (C=O) groups is 1. The number of thioether (sulfide) groups is 1. The van der Waals surface area contributed by atoms with Crippen LogP contribution in [0.2, 0.25) is 0 Å². The van der Waals surface area contributed by atoms with Crippen molar-refractivity contribution in [1.29, 1.82) is 0 Å². The molecular formula is C21H27NO5S2. The molecule has 3 N–H and O–H groups in total. The van der Waals surface area contributed by atoms with E-state index in [4.69, 9.17) is 9.47 Å². The van der Waals surface area contributed by atoms with Crippen LogP contribution < -0.4 is 10.1 Å². The van der Waals surface area contributed by atoms with Gasteiger partial charge in [0.2, 0.25) is 0 Å². The number of alkyl carbamates (subject to hydrolysis) is 1. The number of hydrogen-bond donors (Lipinski definition) is 3. The molecule has 0 saturated carbocycles. The van der Waals surface area contributed by atoms with Crippen LogP contribution >= 0.6 is 22.4 Å². The zero-order valence-electron chi connectivity index (χ0n) is 16.8. The normalized spacial score (nSPS) is 18.6. The van der Waals surface area contributed by atoms with Crippen LogP contribution in [0.3, 0.4) is 0 Å². The molecule has 0 aromatic heterocycles. The number of ether oxygens (including phenoxy) is 2. The highest BCUT2D eigenvalue weighted by Gasteiger charge is 2.38. The topological polar surface area (TPSA) is 88.0 Å². The molecule has 1 unspecified atom stereocenters. The number of fused-ring (bicyclic) bond motifs is 1. The molecule has 3 rings (SSSR count). The van der Waals surface area contributed by atoms with E-state index < -0.39 is 22.3 Å². The Morgan fingerprint density at radius 1 is 1.17 bits per heavy atom. The summed E-state index contributed by atoms with van der Waals surface area (Å²) in [5.41, 5.74) is 0.264. The highest BCUT2D eigenvalue weighted by molar-refractivity contribution is 8.25. The third-order valence-electron chi connectivity index (χ3n) is 4.13. The average Bonchev–Trinajstić information content (AvgIpc) is 2.89. The van der Waals surface area contributed by atoms with E-state index in [9.17, 15) is 13.9 Å². The van der Waals surface area contributed by atoms with Crippen LogP contribution in [0.25, 0.3) is 0 Å². The summed E-state index contributed by atoms with van der Waals surface area (Å²) in [5.74, 6) is 0.873. The minimum Gasteiger partial charge on any atom is -0.491 e. The Labute approximate surface area is 177 Å². The summed E-state index contributed by atoms with van der Waals surface area (Å²) in [6, 6.07) is 15.2. The van der Waals surface area contributed by atoms with E-state index in [0.29, 0.717) is 10.6 Å². The fraction of sp³-hybridized carbons (Fsp3) is 0.381. The molecule has 0 bridgehead atoms. The lowest BCUT2D eigenvalue weighted by Crippen LogP contribution is -2.34. The van der Waals surface area contributed by atoms with E-state index in [1.54, 1.807) is 44.7 Å². The highest BCUT2D eigenvalue weighted by Crippen LogP contribution is 2.64. The van der Waals surface area contributed by atoms with Gasteiger partial charge in [0, 0.05) is 10.5 Å². The summed E-state index contributed by atoms with van der Waals surface area (Å²) in [6.45, 7) is 5.95. The summed E-state index contributed by atoms with van der Waals surface area (Å²) < 4.78 is 32.2. The molecule has 1 heterocycles. The van der Waals surface area contributed by atoms with Crippen molar-refractivity contribution in [2.75, 3.05) is 18.9 Å². The lowest BCUT2D eigenvalue weighted by atomic mass is 10.1. The zero-order chi connectivity index (χ0) is 21.1. The number of rotatable bonds is 6. The van der Waals surface area contributed by atoms with Gasteiger partial charge in [0.1, 0.15) is 18.0 Å². The quantitative estimate of drug-likeness (QED) is 0.514. The van der Waals surface area contributed by atoms with E-state index in [1.165, 1.54) is 0 Å². The molecule has 29 heavy (non-hydrogen) atoms. The summed E-state index contributed by atoms with van der Waals surface area (Å²) in [5, 5.41) is 2.54. The molecule has 6 nitrogen and oxygen atoms in total. The number of amides is 1. The maximum atomic E-state index is 11.7. The molecule has 158 valence electrons. The van der Waals surface area contributed by atoms with Crippen molar-refractivity contribution in [3.63, 3.8) is 0 Å². The Hall–Kier alpha value is -1.87. The Morgan fingerprint density at radius 3 is 2.59 bits per heavy atom. The smallest absolute Gasteiger partial charge is 0.407 e. The number of hydrogen-bond acceptors (Lipinski definition) is 6. The second kappa shape index (κ2) is 8.87. The lowest BCUT2D eigenvalue weighted by Gasteiger charge is -2.27. The first-order chi connectivity index (χ1) is 13.7. The average molecular weight is 438 g/mol. The molecule has 2 aromatic rings. The second-order valence-corrected chi connectivity index (χ2v) is 11.1. The van der Waals surface area contributed by atoms with Crippen molar-refractivity contribution in [3.8, 4) is 5.75 Å². The number of benzene rings is 2. The van der Waals surface area contributed by atoms with Gasteiger partial charge in [-0.3, -0.25) is 9.11 Å². The Bertz CT molecular complexity index is 852. The molecule has 0 aliphatic carbocycles. The van der Waals surface area contributed by atoms with Gasteiger partial charge < -0.3 is 14.8 Å².